The molecule has 10 nitrogen and oxygen atoms in total. The third kappa shape index (κ3) is 9.47. The molecule has 4 aromatic carbocycles. The van der Waals surface area contributed by atoms with Gasteiger partial charge in [0.15, 0.2) is 11.5 Å². The number of rotatable bonds is 14. The number of benzene rings is 4. The molecule has 3 amide bonds. The molecule has 12 heteroatoms. The molecule has 1 heterocycles. The second kappa shape index (κ2) is 17.9. The van der Waals surface area contributed by atoms with Crippen molar-refractivity contribution in [1.29, 1.82) is 0 Å². The summed E-state index contributed by atoms with van der Waals surface area (Å²) in [5.41, 5.74) is 4.24. The van der Waals surface area contributed by atoms with Gasteiger partial charge in [0.2, 0.25) is 5.91 Å². The van der Waals surface area contributed by atoms with Crippen molar-refractivity contribution in [3.05, 3.63) is 130 Å². The second-order valence-corrected chi connectivity index (χ2v) is 13.1. The topological polar surface area (TPSA) is 132 Å². The highest BCUT2D eigenvalue weighted by molar-refractivity contribution is 8.00. The number of esters is 1. The Morgan fingerprint density at radius 1 is 0.846 bits per heavy atom. The first-order valence-corrected chi connectivity index (χ1v) is 18.1. The lowest BCUT2D eigenvalue weighted by Gasteiger charge is -2.14. The minimum absolute atomic E-state index is 0.0313. The van der Waals surface area contributed by atoms with Gasteiger partial charge in [-0.05, 0) is 61.9 Å². The molecule has 0 fully saturated rings. The highest BCUT2D eigenvalue weighted by Crippen LogP contribution is 2.37. The van der Waals surface area contributed by atoms with E-state index in [0.29, 0.717) is 49.3 Å². The number of methoxy groups -OCH3 is 2. The van der Waals surface area contributed by atoms with Gasteiger partial charge in [0.25, 0.3) is 11.8 Å². The van der Waals surface area contributed by atoms with Gasteiger partial charge >= 0.3 is 5.97 Å². The fourth-order valence-electron chi connectivity index (χ4n) is 5.10. The van der Waals surface area contributed by atoms with Gasteiger partial charge in [-0.15, -0.1) is 23.1 Å². The van der Waals surface area contributed by atoms with E-state index in [4.69, 9.17) is 14.2 Å². The molecular weight excluding hydrogens is 699 g/mol. The van der Waals surface area contributed by atoms with E-state index in [-0.39, 0.29) is 24.0 Å². The smallest absolute Gasteiger partial charge is 0.341 e. The van der Waals surface area contributed by atoms with Gasteiger partial charge in [-0.1, -0.05) is 66.2 Å². The van der Waals surface area contributed by atoms with Crippen LogP contribution in [0.1, 0.15) is 38.8 Å². The quantitative estimate of drug-likeness (QED) is 0.0593. The molecule has 0 aliphatic carbocycles. The average Bonchev–Trinajstić information content (AvgIpc) is 3.57. The number of thiophene rings is 1. The van der Waals surface area contributed by atoms with Crippen LogP contribution in [0.3, 0.4) is 0 Å². The zero-order chi connectivity index (χ0) is 37.0. The molecule has 5 rings (SSSR count). The summed E-state index contributed by atoms with van der Waals surface area (Å²) in [7, 11) is 3.00. The number of carbonyl (C=O) groups is 4. The summed E-state index contributed by atoms with van der Waals surface area (Å²) in [4.78, 5) is 53.7. The van der Waals surface area contributed by atoms with Crippen LogP contribution in [0.15, 0.2) is 113 Å². The fourth-order valence-corrected chi connectivity index (χ4v) is 6.83. The molecule has 0 aliphatic rings. The maximum Gasteiger partial charge on any atom is 0.341 e. The van der Waals surface area contributed by atoms with Crippen molar-refractivity contribution in [1.82, 2.24) is 5.32 Å². The van der Waals surface area contributed by atoms with Crippen LogP contribution >= 0.6 is 23.1 Å². The summed E-state index contributed by atoms with van der Waals surface area (Å²) in [5.74, 6) is -0.992. The summed E-state index contributed by atoms with van der Waals surface area (Å²) in [5, 5.41) is 10.7. The Bertz CT molecular complexity index is 2090. The predicted molar refractivity (Wildman–Crippen MR) is 206 cm³/mol. The van der Waals surface area contributed by atoms with E-state index < -0.39 is 17.8 Å². The van der Waals surface area contributed by atoms with E-state index in [0.717, 1.165) is 11.1 Å². The van der Waals surface area contributed by atoms with Gasteiger partial charge in [-0.3, -0.25) is 14.4 Å². The molecule has 3 N–H and O–H groups in total. The second-order valence-electron chi connectivity index (χ2n) is 11.2. The first-order valence-electron chi connectivity index (χ1n) is 16.2. The zero-order valence-electron chi connectivity index (χ0n) is 29.0. The number of hydrogen-bond acceptors (Lipinski definition) is 9. The molecule has 0 atom stereocenters. The molecule has 5 aromatic rings. The normalized spacial score (nSPS) is 11.0. The zero-order valence-corrected chi connectivity index (χ0v) is 30.6. The van der Waals surface area contributed by atoms with Crippen LogP contribution in [0.25, 0.3) is 17.2 Å². The van der Waals surface area contributed by atoms with Crippen molar-refractivity contribution in [3.8, 4) is 22.6 Å². The van der Waals surface area contributed by atoms with Gasteiger partial charge in [-0.25, -0.2) is 4.79 Å². The van der Waals surface area contributed by atoms with Crippen molar-refractivity contribution in [2.45, 2.75) is 18.7 Å². The molecule has 0 unspecified atom stereocenters. The minimum Gasteiger partial charge on any atom is -0.493 e. The van der Waals surface area contributed by atoms with E-state index in [1.165, 1.54) is 43.4 Å². The van der Waals surface area contributed by atoms with Gasteiger partial charge in [0.1, 0.15) is 16.3 Å². The summed E-state index contributed by atoms with van der Waals surface area (Å²) < 4.78 is 16.3. The van der Waals surface area contributed by atoms with Crippen LogP contribution in [-0.2, 0) is 14.3 Å². The van der Waals surface area contributed by atoms with E-state index in [2.05, 4.69) is 16.0 Å². The number of anilines is 2. The number of nitrogens with one attached hydrogen (secondary N) is 3. The van der Waals surface area contributed by atoms with Crippen LogP contribution in [0.2, 0.25) is 0 Å². The highest BCUT2D eigenvalue weighted by atomic mass is 32.2. The molecular formula is C40H37N3O7S2. The fraction of sp³-hybridized carbons (Fsp3) is 0.150. The van der Waals surface area contributed by atoms with Crippen molar-refractivity contribution < 1.29 is 33.4 Å². The number of hydrogen-bond donors (Lipinski definition) is 3. The van der Waals surface area contributed by atoms with Crippen LogP contribution < -0.4 is 25.4 Å². The lowest BCUT2D eigenvalue weighted by atomic mass is 10.0. The average molecular weight is 736 g/mol. The highest BCUT2D eigenvalue weighted by Gasteiger charge is 2.23. The third-order valence-corrected chi connectivity index (χ3v) is 9.50. The van der Waals surface area contributed by atoms with Crippen LogP contribution in [-0.4, -0.2) is 50.3 Å². The Morgan fingerprint density at radius 2 is 1.60 bits per heavy atom. The van der Waals surface area contributed by atoms with E-state index >= 15 is 0 Å². The molecule has 0 bridgehead atoms. The van der Waals surface area contributed by atoms with Crippen LogP contribution in [0, 0.1) is 6.92 Å². The molecule has 0 radical (unpaired) electrons. The number of ether oxygens (including phenoxy) is 3. The number of amides is 3. The Labute approximate surface area is 310 Å². The maximum absolute atomic E-state index is 13.7. The lowest BCUT2D eigenvalue weighted by Crippen LogP contribution is -2.30. The van der Waals surface area contributed by atoms with Gasteiger partial charge in [-0.2, -0.15) is 0 Å². The Kier molecular flexibility index (Phi) is 12.9. The Hall–Kier alpha value is -5.85. The van der Waals surface area contributed by atoms with E-state index in [1.54, 1.807) is 73.7 Å². The summed E-state index contributed by atoms with van der Waals surface area (Å²) >= 11 is 2.52. The first kappa shape index (κ1) is 37.4. The third-order valence-electron chi connectivity index (χ3n) is 7.61. The molecule has 0 saturated carbocycles. The molecule has 52 heavy (non-hydrogen) atoms. The van der Waals surface area contributed by atoms with Gasteiger partial charge in [0, 0.05) is 32.7 Å². The Balaban J connectivity index is 1.31. The maximum atomic E-state index is 13.7. The molecule has 1 aromatic heterocycles. The summed E-state index contributed by atoms with van der Waals surface area (Å²) in [6.07, 6.45) is 1.51. The summed E-state index contributed by atoms with van der Waals surface area (Å²) in [6, 6.07) is 28.5. The number of thioether (sulfide) groups is 1. The van der Waals surface area contributed by atoms with Crippen molar-refractivity contribution in [2.24, 2.45) is 0 Å². The monoisotopic (exact) mass is 735 g/mol. The van der Waals surface area contributed by atoms with Crippen LogP contribution in [0.5, 0.6) is 11.5 Å². The van der Waals surface area contributed by atoms with Gasteiger partial charge < -0.3 is 30.2 Å². The number of aryl methyl sites for hydroxylation is 1. The standard InChI is InChI=1S/C40H37N3O7S2/c1-5-50-40(47)35-31(26-19-17-25(2)18-20-26)23-52-39(35)43-34(44)24-51-30-15-10-14-29(22-30)41-38(46)32(42-37(45)27-11-7-6-8-12-27)21-28-13-9-16-33(48-3)36(28)49-4/h6-23H,5,24H2,1-4H3,(H,41,46)(H,42,45)(H,43,44)/b32-21+. The van der Waals surface area contributed by atoms with Crippen molar-refractivity contribution in [3.63, 3.8) is 0 Å². The van der Waals surface area contributed by atoms with Crippen molar-refractivity contribution in [2.75, 3.05) is 37.2 Å². The molecule has 0 saturated heterocycles. The van der Waals surface area contributed by atoms with Gasteiger partial charge in [0.05, 0.1) is 26.6 Å². The first-order chi connectivity index (χ1) is 25.2. The van der Waals surface area contributed by atoms with E-state index in [9.17, 15) is 19.2 Å². The Morgan fingerprint density at radius 3 is 2.31 bits per heavy atom. The van der Waals surface area contributed by atoms with E-state index in [1.807, 2.05) is 42.6 Å². The minimum atomic E-state index is -0.581. The molecule has 0 spiro atoms. The summed E-state index contributed by atoms with van der Waals surface area (Å²) in [6.45, 7) is 3.92. The lowest BCUT2D eigenvalue weighted by molar-refractivity contribution is -0.114. The van der Waals surface area contributed by atoms with Crippen LogP contribution in [0.4, 0.5) is 10.7 Å². The molecule has 0 aliphatic heterocycles. The number of carbonyl (C=O) groups excluding carboxylic acids is 4. The largest absolute Gasteiger partial charge is 0.493 e. The predicted octanol–water partition coefficient (Wildman–Crippen LogP) is 8.06. The number of para-hydroxylation sites is 1. The van der Waals surface area contributed by atoms with Crippen molar-refractivity contribution >= 4 is 63.6 Å². The SMILES string of the molecule is CCOC(=O)c1c(-c2ccc(C)cc2)csc1NC(=O)CSc1cccc(NC(=O)/C(=C\c2cccc(OC)c2OC)NC(=O)c2ccccc2)c1. The molecule has 266 valence electrons.